The van der Waals surface area contributed by atoms with E-state index in [4.69, 9.17) is 14.2 Å². The lowest BCUT2D eigenvalue weighted by Gasteiger charge is -2.39. The second-order valence-corrected chi connectivity index (χ2v) is 6.98. The Morgan fingerprint density at radius 1 is 1.19 bits per heavy atom. The van der Waals surface area contributed by atoms with Gasteiger partial charge in [-0.15, -0.1) is 0 Å². The van der Waals surface area contributed by atoms with E-state index in [0.29, 0.717) is 23.9 Å². The smallest absolute Gasteiger partial charge is 0.405 e. The standard InChI is InChI=1S/C20H23NO5/c1-20(2)11-26-17-9-12(5-7-15(17)18(20)21-19(22)23)14-8-6-13(24-3)10-16(14)25-4/h5-10,18,21H,11H2,1-4H3,(H,22,23). The third-order valence-electron chi connectivity index (χ3n) is 4.69. The maximum absolute atomic E-state index is 11.2. The first kappa shape index (κ1) is 17.9. The van der Waals surface area contributed by atoms with Crippen molar-refractivity contribution in [2.75, 3.05) is 20.8 Å². The van der Waals surface area contributed by atoms with Gasteiger partial charge in [0.05, 0.1) is 26.9 Å². The van der Waals surface area contributed by atoms with E-state index in [-0.39, 0.29) is 11.5 Å². The van der Waals surface area contributed by atoms with E-state index in [9.17, 15) is 9.90 Å². The minimum atomic E-state index is -1.04. The first-order valence-electron chi connectivity index (χ1n) is 8.34. The fraction of sp³-hybridized carbons (Fsp3) is 0.350. The van der Waals surface area contributed by atoms with Crippen molar-refractivity contribution in [1.29, 1.82) is 0 Å². The summed E-state index contributed by atoms with van der Waals surface area (Å²) in [4.78, 5) is 11.2. The van der Waals surface area contributed by atoms with Crippen LogP contribution in [0, 0.1) is 5.41 Å². The number of ether oxygens (including phenoxy) is 3. The van der Waals surface area contributed by atoms with Gasteiger partial charge < -0.3 is 24.6 Å². The molecule has 3 rings (SSSR count). The summed E-state index contributed by atoms with van der Waals surface area (Å²) >= 11 is 0. The van der Waals surface area contributed by atoms with Gasteiger partial charge in [-0.25, -0.2) is 4.79 Å². The number of carboxylic acid groups (broad SMARTS) is 1. The van der Waals surface area contributed by atoms with Crippen LogP contribution >= 0.6 is 0 Å². The van der Waals surface area contributed by atoms with Crippen molar-refractivity contribution in [2.45, 2.75) is 19.9 Å². The Hall–Kier alpha value is -2.89. The van der Waals surface area contributed by atoms with Crippen molar-refractivity contribution in [3.63, 3.8) is 0 Å². The van der Waals surface area contributed by atoms with E-state index in [1.165, 1.54) is 0 Å². The predicted molar refractivity (Wildman–Crippen MR) is 98.2 cm³/mol. The number of benzene rings is 2. The maximum atomic E-state index is 11.2. The van der Waals surface area contributed by atoms with Gasteiger partial charge in [0.15, 0.2) is 0 Å². The maximum Gasteiger partial charge on any atom is 0.405 e. The van der Waals surface area contributed by atoms with Gasteiger partial charge in [-0.3, -0.25) is 0 Å². The normalized spacial score (nSPS) is 17.6. The molecule has 2 N–H and O–H groups in total. The Labute approximate surface area is 152 Å². The van der Waals surface area contributed by atoms with E-state index < -0.39 is 6.09 Å². The zero-order chi connectivity index (χ0) is 18.9. The van der Waals surface area contributed by atoms with Crippen molar-refractivity contribution in [3.05, 3.63) is 42.0 Å². The van der Waals surface area contributed by atoms with Crippen LogP contribution in [0.3, 0.4) is 0 Å². The van der Waals surface area contributed by atoms with E-state index >= 15 is 0 Å². The van der Waals surface area contributed by atoms with Crippen LogP contribution in [0.15, 0.2) is 36.4 Å². The SMILES string of the molecule is COc1ccc(-c2ccc3c(c2)OCC(C)(C)C3NC(=O)O)c(OC)c1. The summed E-state index contributed by atoms with van der Waals surface area (Å²) in [6.45, 7) is 4.39. The molecule has 0 saturated carbocycles. The van der Waals surface area contributed by atoms with Crippen molar-refractivity contribution < 1.29 is 24.1 Å². The summed E-state index contributed by atoms with van der Waals surface area (Å²) in [5, 5.41) is 11.8. The van der Waals surface area contributed by atoms with Gasteiger partial charge in [0, 0.05) is 22.6 Å². The average Bonchev–Trinajstić information content (AvgIpc) is 2.63. The third kappa shape index (κ3) is 3.27. The highest BCUT2D eigenvalue weighted by Gasteiger charge is 2.38. The van der Waals surface area contributed by atoms with Gasteiger partial charge in [0.1, 0.15) is 17.2 Å². The fourth-order valence-electron chi connectivity index (χ4n) is 3.27. The second-order valence-electron chi connectivity index (χ2n) is 6.98. The van der Waals surface area contributed by atoms with Crippen molar-refractivity contribution >= 4 is 6.09 Å². The van der Waals surface area contributed by atoms with Gasteiger partial charge >= 0.3 is 6.09 Å². The van der Waals surface area contributed by atoms with Gasteiger partial charge in [-0.2, -0.15) is 0 Å². The van der Waals surface area contributed by atoms with E-state index in [0.717, 1.165) is 16.7 Å². The van der Waals surface area contributed by atoms with Crippen LogP contribution < -0.4 is 19.5 Å². The zero-order valence-electron chi connectivity index (χ0n) is 15.3. The summed E-state index contributed by atoms with van der Waals surface area (Å²) in [5.41, 5.74) is 2.33. The summed E-state index contributed by atoms with van der Waals surface area (Å²) in [6.07, 6.45) is -1.04. The van der Waals surface area contributed by atoms with Crippen molar-refractivity contribution in [1.82, 2.24) is 5.32 Å². The van der Waals surface area contributed by atoms with Crippen molar-refractivity contribution in [3.8, 4) is 28.4 Å². The molecule has 1 amide bonds. The number of fused-ring (bicyclic) bond motifs is 1. The molecule has 1 heterocycles. The molecule has 6 heteroatoms. The van der Waals surface area contributed by atoms with Crippen LogP contribution in [0.1, 0.15) is 25.5 Å². The monoisotopic (exact) mass is 357 g/mol. The van der Waals surface area contributed by atoms with Gasteiger partial charge in [0.2, 0.25) is 0 Å². The molecule has 0 radical (unpaired) electrons. The van der Waals surface area contributed by atoms with Crippen LogP contribution in [0.25, 0.3) is 11.1 Å². The van der Waals surface area contributed by atoms with Crippen LogP contribution in [-0.4, -0.2) is 32.0 Å². The zero-order valence-corrected chi connectivity index (χ0v) is 15.3. The number of hydrogen-bond donors (Lipinski definition) is 2. The lowest BCUT2D eigenvalue weighted by atomic mass is 9.78. The number of methoxy groups -OCH3 is 2. The van der Waals surface area contributed by atoms with Gasteiger partial charge in [-0.1, -0.05) is 26.0 Å². The lowest BCUT2D eigenvalue weighted by molar-refractivity contribution is 0.0996. The summed E-state index contributed by atoms with van der Waals surface area (Å²) < 4.78 is 16.7. The summed E-state index contributed by atoms with van der Waals surface area (Å²) in [7, 11) is 3.22. The average molecular weight is 357 g/mol. The number of nitrogens with one attached hydrogen (secondary N) is 1. The molecule has 0 saturated heterocycles. The highest BCUT2D eigenvalue weighted by Crippen LogP contribution is 2.45. The number of hydrogen-bond acceptors (Lipinski definition) is 4. The van der Waals surface area contributed by atoms with Crippen LogP contribution in [0.4, 0.5) is 4.79 Å². The third-order valence-corrected chi connectivity index (χ3v) is 4.69. The molecular weight excluding hydrogens is 334 g/mol. The molecule has 0 spiro atoms. The molecule has 1 aliphatic heterocycles. The fourth-order valence-corrected chi connectivity index (χ4v) is 3.27. The van der Waals surface area contributed by atoms with E-state index in [1.807, 2.05) is 50.2 Å². The quantitative estimate of drug-likeness (QED) is 0.861. The molecular formula is C20H23NO5. The minimum absolute atomic E-state index is 0.337. The Bertz CT molecular complexity index is 831. The number of amides is 1. The Kier molecular flexibility index (Phi) is 4.68. The number of carbonyl (C=O) groups is 1. The molecule has 1 atom stereocenters. The van der Waals surface area contributed by atoms with Gasteiger partial charge in [-0.05, 0) is 23.8 Å². The number of rotatable bonds is 4. The summed E-state index contributed by atoms with van der Waals surface area (Å²) in [5.74, 6) is 2.09. The molecule has 2 aromatic rings. The molecule has 1 aliphatic rings. The highest BCUT2D eigenvalue weighted by atomic mass is 16.5. The second kappa shape index (κ2) is 6.78. The molecule has 0 aromatic heterocycles. The molecule has 6 nitrogen and oxygen atoms in total. The molecule has 138 valence electrons. The topological polar surface area (TPSA) is 77.0 Å². The molecule has 2 aromatic carbocycles. The molecule has 0 fully saturated rings. The van der Waals surface area contributed by atoms with Crippen molar-refractivity contribution in [2.24, 2.45) is 5.41 Å². The van der Waals surface area contributed by atoms with Crippen LogP contribution in [0.2, 0.25) is 0 Å². The lowest BCUT2D eigenvalue weighted by Crippen LogP contribution is -2.43. The molecule has 1 unspecified atom stereocenters. The highest BCUT2D eigenvalue weighted by molar-refractivity contribution is 5.74. The Morgan fingerprint density at radius 3 is 2.62 bits per heavy atom. The molecule has 0 bridgehead atoms. The minimum Gasteiger partial charge on any atom is -0.497 e. The Balaban J connectivity index is 2.03. The van der Waals surface area contributed by atoms with Crippen LogP contribution in [-0.2, 0) is 0 Å². The first-order chi connectivity index (χ1) is 12.4. The summed E-state index contributed by atoms with van der Waals surface area (Å²) in [6, 6.07) is 11.1. The van der Waals surface area contributed by atoms with E-state index in [2.05, 4.69) is 5.32 Å². The molecule has 0 aliphatic carbocycles. The first-order valence-corrected chi connectivity index (χ1v) is 8.34. The largest absolute Gasteiger partial charge is 0.497 e. The van der Waals surface area contributed by atoms with Crippen LogP contribution in [0.5, 0.6) is 17.2 Å². The molecule has 26 heavy (non-hydrogen) atoms. The van der Waals surface area contributed by atoms with E-state index in [1.54, 1.807) is 14.2 Å². The van der Waals surface area contributed by atoms with Gasteiger partial charge in [0.25, 0.3) is 0 Å². The predicted octanol–water partition coefficient (Wildman–Crippen LogP) is 4.10. The Morgan fingerprint density at radius 2 is 1.96 bits per heavy atom.